The minimum Gasteiger partial charge on any atom is -0.466 e. The van der Waals surface area contributed by atoms with Crippen molar-refractivity contribution in [1.82, 2.24) is 0 Å². The van der Waals surface area contributed by atoms with Gasteiger partial charge in [-0.1, -0.05) is 67.7 Å². The van der Waals surface area contributed by atoms with Gasteiger partial charge in [0.05, 0.1) is 6.61 Å². The second-order valence-corrected chi connectivity index (χ2v) is 4.58. The van der Waals surface area contributed by atoms with Crippen LogP contribution in [0.4, 0.5) is 0 Å². The summed E-state index contributed by atoms with van der Waals surface area (Å²) >= 11 is 0. The van der Waals surface area contributed by atoms with E-state index in [-0.39, 0.29) is 12.4 Å². The summed E-state index contributed by atoms with van der Waals surface area (Å²) in [7, 11) is 0. The van der Waals surface area contributed by atoms with Crippen molar-refractivity contribution in [2.24, 2.45) is 0 Å². The zero-order chi connectivity index (χ0) is 24.9. The third-order valence-corrected chi connectivity index (χ3v) is 2.55. The molecule has 0 atom stereocenters. The minimum atomic E-state index is -2.10. The number of rotatable bonds is 14. The zero-order valence-electron chi connectivity index (χ0n) is 22.6. The van der Waals surface area contributed by atoms with Gasteiger partial charge in [-0.05, 0) is 51.7 Å². The minimum absolute atomic E-state index is 0.247. The lowest BCUT2D eigenvalue weighted by molar-refractivity contribution is -0.143. The topological polar surface area (TPSA) is 26.3 Å². The average Bonchev–Trinajstić information content (AvgIpc) is 2.69. The van der Waals surface area contributed by atoms with Crippen molar-refractivity contribution in [2.45, 2.75) is 65.0 Å². The summed E-state index contributed by atoms with van der Waals surface area (Å²) in [4.78, 5) is 11.2. The van der Waals surface area contributed by atoms with Gasteiger partial charge in [0.15, 0.2) is 0 Å². The van der Waals surface area contributed by atoms with Crippen LogP contribution in [0.3, 0.4) is 0 Å². The van der Waals surface area contributed by atoms with Crippen molar-refractivity contribution >= 4 is 5.97 Å². The molecule has 0 unspecified atom stereocenters. The van der Waals surface area contributed by atoms with Crippen LogP contribution in [-0.2, 0) is 9.53 Å². The molecule has 2 heteroatoms. The molecule has 0 aromatic carbocycles. The largest absolute Gasteiger partial charge is 0.466 e. The summed E-state index contributed by atoms with van der Waals surface area (Å²) in [6.07, 6.45) is 5.97. The Bertz CT molecular complexity index is 719. The molecule has 0 saturated carbocycles. The second-order valence-electron chi connectivity index (χ2n) is 4.58. The van der Waals surface area contributed by atoms with Crippen LogP contribution in [0.1, 0.15) is 76.0 Å². The van der Waals surface area contributed by atoms with E-state index in [1.54, 1.807) is 19.1 Å². The maximum atomic E-state index is 11.2. The molecule has 0 saturated heterocycles. The first-order valence-corrected chi connectivity index (χ1v) is 8.26. The highest BCUT2D eigenvalue weighted by Gasteiger charge is 1.98. The molecule has 0 heterocycles. The molecule has 0 aromatic rings. The Hall–Kier alpha value is -1.83. The van der Waals surface area contributed by atoms with Crippen molar-refractivity contribution in [2.75, 3.05) is 6.61 Å². The number of allylic oxidation sites excluding steroid dienone is 10. The van der Waals surface area contributed by atoms with E-state index in [2.05, 4.69) is 0 Å². The molecular formula is C22H34O2. The van der Waals surface area contributed by atoms with E-state index in [0.717, 1.165) is 36.5 Å². The first-order valence-electron chi connectivity index (χ1n) is 12.3. The monoisotopic (exact) mass is 338 g/mol. The predicted molar refractivity (Wildman–Crippen MR) is 105 cm³/mol. The van der Waals surface area contributed by atoms with Gasteiger partial charge in [0.2, 0.25) is 0 Å². The van der Waals surface area contributed by atoms with Crippen LogP contribution >= 0.6 is 0 Å². The van der Waals surface area contributed by atoms with Gasteiger partial charge in [-0.15, -0.1) is 0 Å². The zero-order valence-corrected chi connectivity index (χ0v) is 14.6. The third kappa shape index (κ3) is 18.2. The fourth-order valence-corrected chi connectivity index (χ4v) is 1.45. The number of carbonyl (C=O) groups excluding carboxylic acids is 1. The van der Waals surface area contributed by atoms with Crippen molar-refractivity contribution < 1.29 is 20.5 Å². The maximum absolute atomic E-state index is 11.2. The van der Waals surface area contributed by atoms with Crippen LogP contribution in [-0.4, -0.2) is 12.6 Å². The molecule has 134 valence electrons. The molecule has 0 aliphatic heterocycles. The number of hydrogen-bond donors (Lipinski definition) is 0. The first-order chi connectivity index (χ1) is 14.6. The Labute approximate surface area is 159 Å². The fraction of sp³-hybridized carbons (Fsp3) is 0.500. The normalized spacial score (nSPS) is 19.9. The van der Waals surface area contributed by atoms with Crippen LogP contribution < -0.4 is 0 Å². The molecule has 0 rings (SSSR count). The molecule has 24 heavy (non-hydrogen) atoms. The Balaban J connectivity index is 4.93. The molecule has 0 fully saturated rings. The van der Waals surface area contributed by atoms with Crippen molar-refractivity contribution in [3.63, 3.8) is 0 Å². The van der Waals surface area contributed by atoms with Gasteiger partial charge in [-0.25, -0.2) is 0 Å². The summed E-state index contributed by atoms with van der Waals surface area (Å²) in [6.45, 7) is 3.91. The summed E-state index contributed by atoms with van der Waals surface area (Å²) in [5, 5.41) is 0. The van der Waals surface area contributed by atoms with Crippen LogP contribution in [0.15, 0.2) is 60.8 Å². The molecule has 0 aromatic heterocycles. The van der Waals surface area contributed by atoms with E-state index in [4.69, 9.17) is 15.7 Å². The highest BCUT2D eigenvalue weighted by atomic mass is 16.5. The molecule has 0 bridgehead atoms. The van der Waals surface area contributed by atoms with Gasteiger partial charge in [-0.2, -0.15) is 0 Å². The van der Waals surface area contributed by atoms with Gasteiger partial charge in [0.1, 0.15) is 0 Å². The van der Waals surface area contributed by atoms with Crippen LogP contribution in [0.5, 0.6) is 0 Å². The number of unbranched alkanes of at least 4 members (excludes halogenated alkanes) is 1. The quantitative estimate of drug-likeness (QED) is 0.206. The third-order valence-electron chi connectivity index (χ3n) is 2.55. The van der Waals surface area contributed by atoms with Gasteiger partial charge in [0.25, 0.3) is 0 Å². The number of esters is 1. The lowest BCUT2D eigenvalue weighted by atomic mass is 10.2. The molecule has 0 radical (unpaired) electrons. The molecule has 0 N–H and O–H groups in total. The summed E-state index contributed by atoms with van der Waals surface area (Å²) in [6, 6.07) is 0. The molecular weight excluding hydrogens is 296 g/mol. The second kappa shape index (κ2) is 19.2. The number of carbonyl (C=O) groups is 1. The molecule has 2 nitrogen and oxygen atoms in total. The summed E-state index contributed by atoms with van der Waals surface area (Å²) in [5.74, 6) is -0.299. The van der Waals surface area contributed by atoms with Gasteiger partial charge in [-0.3, -0.25) is 4.79 Å². The van der Waals surface area contributed by atoms with Crippen molar-refractivity contribution in [3.8, 4) is 0 Å². The first kappa shape index (κ1) is 11.7. The van der Waals surface area contributed by atoms with Crippen molar-refractivity contribution in [1.29, 1.82) is 0 Å². The van der Waals surface area contributed by atoms with E-state index >= 15 is 0 Å². The lowest BCUT2D eigenvalue weighted by Crippen LogP contribution is -2.02. The smallest absolute Gasteiger partial charge is 0.305 e. The lowest BCUT2D eigenvalue weighted by Gasteiger charge is -1.98. The van der Waals surface area contributed by atoms with E-state index in [0.29, 0.717) is 25.9 Å². The van der Waals surface area contributed by atoms with E-state index in [1.807, 2.05) is 6.92 Å². The van der Waals surface area contributed by atoms with Gasteiger partial charge < -0.3 is 4.74 Å². The Morgan fingerprint density at radius 2 is 1.25 bits per heavy atom. The highest BCUT2D eigenvalue weighted by molar-refractivity contribution is 5.69. The molecule has 0 spiro atoms. The molecule has 0 aliphatic carbocycles. The Kier molecular flexibility index (Phi) is 9.35. The van der Waals surface area contributed by atoms with Crippen LogP contribution in [0, 0.1) is 0 Å². The van der Waals surface area contributed by atoms with Gasteiger partial charge in [0, 0.05) is 17.4 Å². The Morgan fingerprint density at radius 1 is 0.792 bits per heavy atom. The number of ether oxygens (including phenoxy) is 1. The van der Waals surface area contributed by atoms with E-state index in [9.17, 15) is 4.79 Å². The van der Waals surface area contributed by atoms with E-state index < -0.39 is 25.5 Å². The summed E-state index contributed by atoms with van der Waals surface area (Å²) in [5.41, 5.74) is 0. The SMILES string of the molecule is [2H]C([2H])(/C=C\CC)/C=C\C([2H])([2H])/C=C\C([2H])([2H])/C=C\C([2H])([2H])/C=C\CCCC(=O)OCC. The maximum Gasteiger partial charge on any atom is 0.305 e. The summed E-state index contributed by atoms with van der Waals surface area (Å²) < 4.78 is 67.8. The van der Waals surface area contributed by atoms with Crippen LogP contribution in [0.2, 0.25) is 0 Å². The standard InChI is InChI=1S/C22H34O2/c1-3-5-6-7-8-9-10-11-12-13-14-15-16-17-18-19-20-21-22(23)24-4-2/h5-6,8-9,11-12,14-15,17-18H,3-4,7,10,13,16,19-21H2,1-2H3/b6-5-,9-8-,12-11-,15-14-,18-17-/i7D2,10D2,13D2,16D2. The molecule has 0 amide bonds. The predicted octanol–water partition coefficient (Wildman–Crippen LogP) is 6.47. The fourth-order valence-electron chi connectivity index (χ4n) is 1.45. The highest BCUT2D eigenvalue weighted by Crippen LogP contribution is 2.00. The number of hydrogen-bond acceptors (Lipinski definition) is 2. The van der Waals surface area contributed by atoms with Gasteiger partial charge >= 0.3 is 5.97 Å². The van der Waals surface area contributed by atoms with Crippen molar-refractivity contribution in [3.05, 3.63) is 60.8 Å². The van der Waals surface area contributed by atoms with Crippen LogP contribution in [0.25, 0.3) is 0 Å². The average molecular weight is 339 g/mol. The van der Waals surface area contributed by atoms with E-state index in [1.165, 1.54) is 12.2 Å². The Morgan fingerprint density at radius 3 is 1.71 bits per heavy atom. The molecule has 0 aliphatic rings.